The molecule has 0 fully saturated rings. The number of carbonyl (C=O) groups is 1. The van der Waals surface area contributed by atoms with E-state index in [1.807, 2.05) is 39.8 Å². The van der Waals surface area contributed by atoms with Gasteiger partial charge in [-0.15, -0.1) is 0 Å². The molecule has 0 aliphatic carbocycles. The van der Waals surface area contributed by atoms with E-state index in [-0.39, 0.29) is 41.4 Å². The molecule has 0 saturated carbocycles. The van der Waals surface area contributed by atoms with E-state index in [0.29, 0.717) is 11.1 Å². The van der Waals surface area contributed by atoms with Crippen molar-refractivity contribution in [3.8, 4) is 5.75 Å². The van der Waals surface area contributed by atoms with Crippen LogP contribution in [0.15, 0.2) is 47.4 Å². The Hall–Kier alpha value is -2.89. The lowest BCUT2D eigenvalue weighted by Gasteiger charge is -2.23. The van der Waals surface area contributed by atoms with Gasteiger partial charge in [0.2, 0.25) is 0 Å². The Morgan fingerprint density at radius 2 is 1.51 bits per heavy atom. The normalized spacial score (nSPS) is 13.5. The summed E-state index contributed by atoms with van der Waals surface area (Å²) in [6.07, 6.45) is -1.21. The summed E-state index contributed by atoms with van der Waals surface area (Å²) in [6, 6.07) is 12.2. The number of hydrogen-bond acceptors (Lipinski definition) is 6. The van der Waals surface area contributed by atoms with E-state index in [0.717, 1.165) is 5.56 Å². The van der Waals surface area contributed by atoms with E-state index in [1.54, 1.807) is 30.3 Å². The topological polar surface area (TPSA) is 83.3 Å². The molecule has 0 saturated heterocycles. The number of para-hydroxylation sites is 1. The fourth-order valence-electron chi connectivity index (χ4n) is 3.49. The van der Waals surface area contributed by atoms with Crippen LogP contribution < -0.4 is 4.74 Å². The van der Waals surface area contributed by atoms with Gasteiger partial charge in [0, 0.05) is 0 Å². The quantitative estimate of drug-likeness (QED) is 0.151. The first-order valence-electron chi connectivity index (χ1n) is 11.7. The first-order chi connectivity index (χ1) is 16.3. The molecule has 0 spiro atoms. The lowest BCUT2D eigenvalue weighted by atomic mass is 9.89. The summed E-state index contributed by atoms with van der Waals surface area (Å²) in [5, 5.41) is 0. The van der Waals surface area contributed by atoms with Crippen molar-refractivity contribution >= 4 is 16.3 Å². The molecule has 0 N–H and O–H groups in total. The SMILES string of the molecule is [C-]#[N+]C(C)(CCOS(=O)(=O)c1c(C(C)C)cc(C(C)C)cc1C(C)C)OC(=O)Oc1ccccc1. The molecule has 1 unspecified atom stereocenters. The number of ether oxygens (including phenoxy) is 2. The molecule has 0 heterocycles. The molecule has 0 amide bonds. The maximum absolute atomic E-state index is 13.4. The van der Waals surface area contributed by atoms with Crippen molar-refractivity contribution in [2.24, 2.45) is 0 Å². The lowest BCUT2D eigenvalue weighted by Crippen LogP contribution is -2.31. The summed E-state index contributed by atoms with van der Waals surface area (Å²) in [7, 11) is -4.14. The molecule has 1 atom stereocenters. The third-order valence-corrected chi connectivity index (χ3v) is 7.07. The summed E-state index contributed by atoms with van der Waals surface area (Å²) >= 11 is 0. The maximum Gasteiger partial charge on any atom is 0.519 e. The van der Waals surface area contributed by atoms with Crippen molar-refractivity contribution in [3.63, 3.8) is 0 Å². The monoisotopic (exact) mass is 501 g/mol. The van der Waals surface area contributed by atoms with Gasteiger partial charge in [-0.3, -0.25) is 9.03 Å². The molecule has 2 rings (SSSR count). The molecule has 0 aliphatic heterocycles. The van der Waals surface area contributed by atoms with Crippen molar-refractivity contribution < 1.29 is 26.9 Å². The highest BCUT2D eigenvalue weighted by molar-refractivity contribution is 7.86. The van der Waals surface area contributed by atoms with Crippen LogP contribution in [0.3, 0.4) is 0 Å². The molecular formula is C27H35NO6S. The summed E-state index contributed by atoms with van der Waals surface area (Å²) < 4.78 is 42.4. The predicted octanol–water partition coefficient (Wildman–Crippen LogP) is 7.00. The molecule has 2 aromatic carbocycles. The van der Waals surface area contributed by atoms with Gasteiger partial charge in [0.15, 0.2) is 0 Å². The van der Waals surface area contributed by atoms with Gasteiger partial charge in [-0.2, -0.15) is 8.42 Å². The zero-order valence-corrected chi connectivity index (χ0v) is 22.3. The first kappa shape index (κ1) is 28.3. The average Bonchev–Trinajstić information content (AvgIpc) is 2.78. The molecule has 7 nitrogen and oxygen atoms in total. The van der Waals surface area contributed by atoms with Gasteiger partial charge in [-0.25, -0.2) is 11.4 Å². The second kappa shape index (κ2) is 11.7. The minimum atomic E-state index is -4.14. The van der Waals surface area contributed by atoms with Crippen LogP contribution in [0, 0.1) is 6.57 Å². The summed E-state index contributed by atoms with van der Waals surface area (Å²) in [5.74, 6) is 0.444. The fraction of sp³-hybridized carbons (Fsp3) is 0.481. The Kier molecular flexibility index (Phi) is 9.47. The van der Waals surface area contributed by atoms with E-state index < -0.39 is 22.0 Å². The molecule has 190 valence electrons. The van der Waals surface area contributed by atoms with E-state index in [2.05, 4.69) is 18.7 Å². The van der Waals surface area contributed by atoms with E-state index in [1.165, 1.54) is 6.92 Å². The average molecular weight is 502 g/mol. The van der Waals surface area contributed by atoms with Gasteiger partial charge in [-0.05, 0) is 46.6 Å². The highest BCUT2D eigenvalue weighted by atomic mass is 32.2. The van der Waals surface area contributed by atoms with Crippen molar-refractivity contribution in [1.82, 2.24) is 0 Å². The summed E-state index contributed by atoms with van der Waals surface area (Å²) in [4.78, 5) is 15.7. The molecule has 0 aliphatic rings. The molecule has 0 aromatic heterocycles. The highest BCUT2D eigenvalue weighted by Gasteiger charge is 2.37. The number of hydrogen-bond donors (Lipinski definition) is 0. The Labute approximate surface area is 209 Å². The van der Waals surface area contributed by atoms with Crippen molar-refractivity contribution in [3.05, 3.63) is 70.6 Å². The predicted molar refractivity (Wildman–Crippen MR) is 135 cm³/mol. The van der Waals surface area contributed by atoms with Gasteiger partial charge < -0.3 is 9.47 Å². The van der Waals surface area contributed by atoms with Crippen molar-refractivity contribution in [2.75, 3.05) is 6.61 Å². The van der Waals surface area contributed by atoms with Crippen LogP contribution in [-0.2, 0) is 19.0 Å². The number of carbonyl (C=O) groups excluding carboxylic acids is 1. The van der Waals surface area contributed by atoms with Gasteiger partial charge in [-0.1, -0.05) is 71.9 Å². The fourth-order valence-corrected chi connectivity index (χ4v) is 5.08. The Bertz CT molecular complexity index is 1140. The highest BCUT2D eigenvalue weighted by Crippen LogP contribution is 2.36. The first-order valence-corrected chi connectivity index (χ1v) is 13.1. The van der Waals surface area contributed by atoms with Gasteiger partial charge in [0.1, 0.15) is 10.6 Å². The Balaban J connectivity index is 2.22. The minimum Gasteiger partial charge on any atom is -0.395 e. The second-order valence-electron chi connectivity index (χ2n) is 9.57. The van der Waals surface area contributed by atoms with Gasteiger partial charge in [0.05, 0.1) is 20.0 Å². The van der Waals surface area contributed by atoms with E-state index in [4.69, 9.17) is 20.2 Å². The molecule has 2 aromatic rings. The van der Waals surface area contributed by atoms with Crippen molar-refractivity contribution in [2.45, 2.75) is 83.3 Å². The van der Waals surface area contributed by atoms with Gasteiger partial charge >= 0.3 is 11.9 Å². The van der Waals surface area contributed by atoms with Crippen LogP contribution in [0.1, 0.15) is 89.3 Å². The summed E-state index contributed by atoms with van der Waals surface area (Å²) in [6.45, 7) is 20.5. The molecule has 0 bridgehead atoms. The maximum atomic E-state index is 13.4. The molecule has 8 heteroatoms. The number of rotatable bonds is 10. The number of benzene rings is 2. The zero-order valence-electron chi connectivity index (χ0n) is 21.5. The Morgan fingerprint density at radius 3 is 1.97 bits per heavy atom. The molecular weight excluding hydrogens is 466 g/mol. The smallest absolute Gasteiger partial charge is 0.395 e. The number of nitrogens with zero attached hydrogens (tertiary/aromatic N) is 1. The van der Waals surface area contributed by atoms with Crippen LogP contribution in [0.5, 0.6) is 5.75 Å². The van der Waals surface area contributed by atoms with Crippen LogP contribution in [-0.4, -0.2) is 26.9 Å². The van der Waals surface area contributed by atoms with Gasteiger partial charge in [0.25, 0.3) is 10.1 Å². The van der Waals surface area contributed by atoms with E-state index >= 15 is 0 Å². The summed E-state index contributed by atoms with van der Waals surface area (Å²) in [5.41, 5.74) is 0.832. The third-order valence-electron chi connectivity index (χ3n) is 5.62. The molecule has 35 heavy (non-hydrogen) atoms. The van der Waals surface area contributed by atoms with Crippen molar-refractivity contribution in [1.29, 1.82) is 0 Å². The third kappa shape index (κ3) is 7.55. The van der Waals surface area contributed by atoms with Crippen LogP contribution in [0.4, 0.5) is 4.79 Å². The van der Waals surface area contributed by atoms with Crippen LogP contribution in [0.25, 0.3) is 4.85 Å². The molecule has 0 radical (unpaired) electrons. The minimum absolute atomic E-state index is 0.0378. The van der Waals surface area contributed by atoms with Crippen LogP contribution >= 0.6 is 0 Å². The largest absolute Gasteiger partial charge is 0.519 e. The lowest BCUT2D eigenvalue weighted by molar-refractivity contribution is 0.0140. The zero-order chi connectivity index (χ0) is 26.4. The van der Waals surface area contributed by atoms with Crippen LogP contribution in [0.2, 0.25) is 0 Å². The Morgan fingerprint density at radius 1 is 0.971 bits per heavy atom. The second-order valence-corrected chi connectivity index (χ2v) is 11.1. The standard InChI is InChI=1S/C27H35NO6S/c1-18(2)21-16-23(19(3)4)25(24(17-21)20(5)6)35(30,31)32-15-14-27(7,28-8)34-26(29)33-22-12-10-9-11-13-22/h9-13,16-20H,14-15H2,1-7H3. The van der Waals surface area contributed by atoms with E-state index in [9.17, 15) is 13.2 Å².